The predicted molar refractivity (Wildman–Crippen MR) is 102 cm³/mol. The summed E-state index contributed by atoms with van der Waals surface area (Å²) in [5.41, 5.74) is 3.28. The Kier molecular flexibility index (Phi) is 5.13. The average Bonchev–Trinajstić information content (AvgIpc) is 3.17. The lowest BCUT2D eigenvalue weighted by Crippen LogP contribution is -2.20. The average molecular weight is 354 g/mol. The third-order valence-corrected chi connectivity index (χ3v) is 6.28. The highest BCUT2D eigenvalue weighted by atomic mass is 35.5. The number of hydrogen-bond acceptors (Lipinski definition) is 1. The molecule has 3 atom stereocenters. The Bertz CT molecular complexity index is 652. The molecular weight excluding hydrogens is 326 g/mol. The summed E-state index contributed by atoms with van der Waals surface area (Å²) in [6, 6.07) is 6.14. The Balaban J connectivity index is 2.21. The third-order valence-electron chi connectivity index (χ3n) is 4.46. The maximum Gasteiger partial charge on any atom is 0.145 e. The molecule has 0 bridgehead atoms. The van der Waals surface area contributed by atoms with Gasteiger partial charge in [0.15, 0.2) is 0 Å². The molecule has 1 aliphatic rings. The number of nitrogens with zero attached hydrogens (tertiary/aromatic N) is 1. The highest BCUT2D eigenvalue weighted by Gasteiger charge is 2.46. The minimum Gasteiger partial charge on any atom is -0.234 e. The van der Waals surface area contributed by atoms with Crippen LogP contribution >= 0.6 is 11.6 Å². The van der Waals surface area contributed by atoms with E-state index in [4.69, 9.17) is 11.6 Å². The largest absolute Gasteiger partial charge is 0.234 e. The van der Waals surface area contributed by atoms with Crippen LogP contribution in [-0.2, 0) is 11.0 Å². The summed E-state index contributed by atoms with van der Waals surface area (Å²) in [4.78, 5) is 0. The van der Waals surface area contributed by atoms with Crippen LogP contribution in [0.3, 0.4) is 0 Å². The van der Waals surface area contributed by atoms with Crippen molar-refractivity contribution in [3.05, 3.63) is 34.3 Å². The van der Waals surface area contributed by atoms with E-state index >= 15 is 0 Å². The fraction of sp³-hybridized carbons (Fsp3) is 0.632. The van der Waals surface area contributed by atoms with Crippen molar-refractivity contribution in [1.82, 2.24) is 0 Å². The summed E-state index contributed by atoms with van der Waals surface area (Å²) in [5.74, 6) is 1.27. The summed E-state index contributed by atoms with van der Waals surface area (Å²) in [5, 5.41) is 0.801. The number of rotatable bonds is 3. The highest BCUT2D eigenvalue weighted by molar-refractivity contribution is 7.85. The van der Waals surface area contributed by atoms with E-state index < -0.39 is 11.0 Å². The minimum absolute atomic E-state index is 0.327. The first kappa shape index (κ1) is 18.7. The molecule has 0 N–H and O–H groups in total. The Labute approximate surface area is 148 Å². The lowest BCUT2D eigenvalue weighted by Gasteiger charge is -2.18. The van der Waals surface area contributed by atoms with Crippen molar-refractivity contribution in [2.24, 2.45) is 15.7 Å². The molecule has 0 spiro atoms. The second-order valence-electron chi connectivity index (χ2n) is 8.59. The second kappa shape index (κ2) is 6.33. The van der Waals surface area contributed by atoms with Crippen LogP contribution < -0.4 is 0 Å². The van der Waals surface area contributed by atoms with Crippen LogP contribution in [0.5, 0.6) is 0 Å². The SMILES string of the molecule is C/C(=N\[S@@](=O)C(C)(C)C)c1ccc([C@@H]2C[C@H]2C(C)(C)C)c(Cl)c1. The molecule has 1 aromatic carbocycles. The molecule has 1 aliphatic carbocycles. The molecule has 0 saturated heterocycles. The quantitative estimate of drug-likeness (QED) is 0.635. The molecule has 0 aliphatic heterocycles. The second-order valence-corrected chi connectivity index (χ2v) is 10.9. The van der Waals surface area contributed by atoms with Gasteiger partial charge in [-0.3, -0.25) is 0 Å². The van der Waals surface area contributed by atoms with Gasteiger partial charge in [0.05, 0.1) is 10.5 Å². The van der Waals surface area contributed by atoms with Crippen LogP contribution in [0.15, 0.2) is 22.6 Å². The molecule has 1 fully saturated rings. The molecule has 0 unspecified atom stereocenters. The molecule has 1 aromatic rings. The van der Waals surface area contributed by atoms with Gasteiger partial charge < -0.3 is 0 Å². The standard InChI is InChI=1S/C19H28ClNOS/c1-12(21-23(22)19(5,6)7)13-8-9-14(17(20)10-13)15-11-16(15)18(2,3)4/h8-10,15-16H,11H2,1-7H3/b21-12+/t15-,16+,23-/m0/s1. The summed E-state index contributed by atoms with van der Waals surface area (Å²) < 4.78 is 16.1. The summed E-state index contributed by atoms with van der Waals surface area (Å²) >= 11 is 6.52. The molecular formula is C19H28ClNOS. The zero-order valence-electron chi connectivity index (χ0n) is 15.2. The van der Waals surface area contributed by atoms with Crippen LogP contribution in [-0.4, -0.2) is 14.7 Å². The molecule has 0 heterocycles. The van der Waals surface area contributed by atoms with Crippen molar-refractivity contribution < 1.29 is 4.21 Å². The van der Waals surface area contributed by atoms with Crippen molar-refractivity contribution in [3.63, 3.8) is 0 Å². The van der Waals surface area contributed by atoms with Crippen LogP contribution in [0.4, 0.5) is 0 Å². The van der Waals surface area contributed by atoms with Crippen molar-refractivity contribution in [3.8, 4) is 0 Å². The lowest BCUT2D eigenvalue weighted by atomic mass is 9.87. The van der Waals surface area contributed by atoms with E-state index in [0.717, 1.165) is 16.3 Å². The van der Waals surface area contributed by atoms with Gasteiger partial charge in [0.2, 0.25) is 0 Å². The summed E-state index contributed by atoms with van der Waals surface area (Å²) in [6.07, 6.45) is 1.21. The van der Waals surface area contributed by atoms with E-state index in [2.05, 4.69) is 37.3 Å². The Morgan fingerprint density at radius 1 is 1.22 bits per heavy atom. The molecule has 0 aromatic heterocycles. The predicted octanol–water partition coefficient (Wildman–Crippen LogP) is 5.76. The molecule has 23 heavy (non-hydrogen) atoms. The molecule has 0 amide bonds. The van der Waals surface area contributed by atoms with Crippen molar-refractivity contribution in [2.45, 2.75) is 65.6 Å². The molecule has 0 radical (unpaired) electrons. The van der Waals surface area contributed by atoms with Gasteiger partial charge in [0.1, 0.15) is 11.0 Å². The number of benzene rings is 1. The molecule has 128 valence electrons. The van der Waals surface area contributed by atoms with Crippen molar-refractivity contribution >= 4 is 28.3 Å². The third kappa shape index (κ3) is 4.45. The van der Waals surface area contributed by atoms with Crippen molar-refractivity contribution in [2.75, 3.05) is 0 Å². The Hall–Kier alpha value is -0.670. The van der Waals surface area contributed by atoms with Gasteiger partial charge in [0.25, 0.3) is 0 Å². The first-order chi connectivity index (χ1) is 10.4. The van der Waals surface area contributed by atoms with Gasteiger partial charge in [-0.2, -0.15) is 4.40 Å². The van der Waals surface area contributed by atoms with Crippen LogP contribution in [0, 0.1) is 11.3 Å². The maximum absolute atomic E-state index is 12.2. The summed E-state index contributed by atoms with van der Waals surface area (Å²) in [6.45, 7) is 14.5. The first-order valence-electron chi connectivity index (χ1n) is 8.18. The Morgan fingerprint density at radius 2 is 1.83 bits per heavy atom. The van der Waals surface area contributed by atoms with Crippen LogP contribution in [0.25, 0.3) is 0 Å². The van der Waals surface area contributed by atoms with E-state index in [9.17, 15) is 4.21 Å². The molecule has 2 rings (SSSR count). The van der Waals surface area contributed by atoms with Crippen LogP contribution in [0.2, 0.25) is 5.02 Å². The van der Waals surface area contributed by atoms with E-state index in [-0.39, 0.29) is 4.75 Å². The summed E-state index contributed by atoms with van der Waals surface area (Å²) in [7, 11) is -1.25. The van der Waals surface area contributed by atoms with E-state index in [1.165, 1.54) is 12.0 Å². The smallest absolute Gasteiger partial charge is 0.145 e. The van der Waals surface area contributed by atoms with E-state index in [0.29, 0.717) is 17.3 Å². The fourth-order valence-electron chi connectivity index (χ4n) is 2.86. The maximum atomic E-state index is 12.2. The zero-order chi connectivity index (χ0) is 17.6. The fourth-order valence-corrected chi connectivity index (χ4v) is 3.81. The van der Waals surface area contributed by atoms with Gasteiger partial charge >= 0.3 is 0 Å². The monoisotopic (exact) mass is 353 g/mol. The van der Waals surface area contributed by atoms with Crippen molar-refractivity contribution in [1.29, 1.82) is 0 Å². The molecule has 4 heteroatoms. The minimum atomic E-state index is -1.25. The molecule has 1 saturated carbocycles. The van der Waals surface area contributed by atoms with E-state index in [1.807, 2.05) is 33.8 Å². The zero-order valence-corrected chi connectivity index (χ0v) is 16.8. The van der Waals surface area contributed by atoms with Gasteiger partial charge in [-0.25, -0.2) is 4.21 Å². The number of halogens is 1. The van der Waals surface area contributed by atoms with Gasteiger partial charge in [-0.1, -0.05) is 44.5 Å². The van der Waals surface area contributed by atoms with Gasteiger partial charge in [-0.05, 0) is 68.6 Å². The normalized spacial score (nSPS) is 23.7. The molecule has 2 nitrogen and oxygen atoms in total. The number of hydrogen-bond donors (Lipinski definition) is 0. The Morgan fingerprint density at radius 3 is 2.26 bits per heavy atom. The first-order valence-corrected chi connectivity index (χ1v) is 9.67. The van der Waals surface area contributed by atoms with Crippen LogP contribution in [0.1, 0.15) is 71.9 Å². The highest BCUT2D eigenvalue weighted by Crippen LogP contribution is 2.57. The van der Waals surface area contributed by atoms with Gasteiger partial charge in [-0.15, -0.1) is 0 Å². The lowest BCUT2D eigenvalue weighted by molar-refractivity contribution is 0.343. The van der Waals surface area contributed by atoms with E-state index in [1.54, 1.807) is 0 Å². The van der Waals surface area contributed by atoms with Gasteiger partial charge in [0, 0.05) is 5.02 Å². The topological polar surface area (TPSA) is 29.4 Å².